The number of morpholine rings is 1. The zero-order chi connectivity index (χ0) is 31.1. The van der Waals surface area contributed by atoms with Crippen molar-refractivity contribution in [1.29, 1.82) is 0 Å². The maximum Gasteiger partial charge on any atom is 0.490 e. The molecule has 2 saturated heterocycles. The Balaban J connectivity index is 0.000000289. The fourth-order valence-electron chi connectivity index (χ4n) is 4.16. The lowest BCUT2D eigenvalue weighted by Gasteiger charge is -2.31. The molecule has 2 fully saturated rings. The van der Waals surface area contributed by atoms with Crippen LogP contribution in [0.25, 0.3) is 5.65 Å². The number of alkyl halides is 6. The van der Waals surface area contributed by atoms with Crippen molar-refractivity contribution >= 4 is 34.6 Å². The molecule has 0 saturated carbocycles. The summed E-state index contributed by atoms with van der Waals surface area (Å²) < 4.78 is 70.9. The number of carboxylic acid groups (broad SMARTS) is 2. The summed E-state index contributed by atoms with van der Waals surface area (Å²) in [6.07, 6.45) is -5.71. The minimum Gasteiger partial charge on any atom is -0.475 e. The van der Waals surface area contributed by atoms with Crippen molar-refractivity contribution in [2.75, 3.05) is 44.3 Å². The number of hydrogen-bond acceptors (Lipinski definition) is 9. The number of aromatic nitrogens is 4. The number of anilines is 1. The third kappa shape index (κ3) is 9.52. The summed E-state index contributed by atoms with van der Waals surface area (Å²) >= 11 is 1.76. The first-order valence-electron chi connectivity index (χ1n) is 12.6. The summed E-state index contributed by atoms with van der Waals surface area (Å²) in [4.78, 5) is 33.3. The molecule has 2 aliphatic heterocycles. The molecule has 3 aromatic rings. The highest BCUT2D eigenvalue weighted by Gasteiger charge is 2.39. The maximum absolute atomic E-state index is 10.6. The average Bonchev–Trinajstić information content (AvgIpc) is 3.54. The van der Waals surface area contributed by atoms with E-state index in [9.17, 15) is 26.3 Å². The van der Waals surface area contributed by atoms with E-state index in [-0.39, 0.29) is 0 Å². The number of pyridine rings is 1. The number of rotatable bonds is 4. The summed E-state index contributed by atoms with van der Waals surface area (Å²) in [5.74, 6) is -4.14. The van der Waals surface area contributed by atoms with Crippen LogP contribution in [0.5, 0.6) is 0 Å². The van der Waals surface area contributed by atoms with Crippen molar-refractivity contribution in [2.24, 2.45) is 0 Å². The maximum atomic E-state index is 10.6. The second-order valence-electron chi connectivity index (χ2n) is 9.30. The summed E-state index contributed by atoms with van der Waals surface area (Å²) in [6.45, 7) is 8.69. The lowest BCUT2D eigenvalue weighted by molar-refractivity contribution is -0.193. The van der Waals surface area contributed by atoms with Crippen LogP contribution in [-0.4, -0.2) is 98.4 Å². The normalized spacial score (nSPS) is 18.1. The van der Waals surface area contributed by atoms with Gasteiger partial charge in [-0.05, 0) is 38.4 Å². The molecular weight excluding hydrogens is 598 g/mol. The smallest absolute Gasteiger partial charge is 0.475 e. The molecule has 3 aromatic heterocycles. The first-order valence-corrected chi connectivity index (χ1v) is 13.4. The van der Waals surface area contributed by atoms with Gasteiger partial charge >= 0.3 is 24.3 Å². The minimum absolute atomic E-state index is 0.397. The summed E-state index contributed by atoms with van der Waals surface area (Å²) in [5, 5.41) is 19.1. The molecule has 18 heteroatoms. The van der Waals surface area contributed by atoms with Gasteiger partial charge in [0.25, 0.3) is 0 Å². The molecule has 1 unspecified atom stereocenters. The standard InChI is InChI=1S/C20H26N6OS.2C2HF3O2/c1-15-18(28-14-21-15)13-24-6-2-3-16(11-24)20-22-19-5-4-17(12-26(19)23-20)25-7-9-27-10-8-25;2*3-2(4,5)1(6)7/h4-5,12,14,16H,2-3,6-11,13H2,1H3;2*(H,6,7). The van der Waals surface area contributed by atoms with Gasteiger partial charge in [0, 0.05) is 37.0 Å². The van der Waals surface area contributed by atoms with Crippen LogP contribution in [0.15, 0.2) is 23.8 Å². The number of piperidine rings is 1. The van der Waals surface area contributed by atoms with E-state index in [2.05, 4.69) is 40.0 Å². The zero-order valence-electron chi connectivity index (χ0n) is 22.2. The number of carboxylic acids is 2. The Morgan fingerprint density at radius 2 is 1.67 bits per heavy atom. The summed E-state index contributed by atoms with van der Waals surface area (Å²) in [7, 11) is 0. The van der Waals surface area contributed by atoms with Gasteiger partial charge in [-0.3, -0.25) is 4.90 Å². The quantitative estimate of drug-likeness (QED) is 0.410. The number of thiazole rings is 1. The number of nitrogens with zero attached hydrogens (tertiary/aromatic N) is 6. The van der Waals surface area contributed by atoms with Gasteiger partial charge in [-0.1, -0.05) is 0 Å². The molecule has 5 rings (SSSR count). The Hall–Kier alpha value is -3.51. The van der Waals surface area contributed by atoms with Gasteiger partial charge in [-0.15, -0.1) is 11.3 Å². The Morgan fingerprint density at radius 3 is 2.21 bits per heavy atom. The van der Waals surface area contributed by atoms with Crippen LogP contribution < -0.4 is 4.90 Å². The molecule has 0 aliphatic carbocycles. The van der Waals surface area contributed by atoms with Gasteiger partial charge in [0.15, 0.2) is 11.5 Å². The second kappa shape index (κ2) is 14.1. The van der Waals surface area contributed by atoms with Gasteiger partial charge < -0.3 is 19.8 Å². The van der Waals surface area contributed by atoms with E-state index in [1.165, 1.54) is 17.0 Å². The molecule has 42 heavy (non-hydrogen) atoms. The van der Waals surface area contributed by atoms with E-state index in [0.717, 1.165) is 69.5 Å². The largest absolute Gasteiger partial charge is 0.490 e. The fourth-order valence-corrected chi connectivity index (χ4v) is 4.98. The molecule has 0 amide bonds. The number of carbonyl (C=O) groups is 2. The van der Waals surface area contributed by atoms with Crippen molar-refractivity contribution in [3.05, 3.63) is 40.2 Å². The second-order valence-corrected chi connectivity index (χ2v) is 10.2. The van der Waals surface area contributed by atoms with Crippen LogP contribution in [0.3, 0.4) is 0 Å². The first-order chi connectivity index (χ1) is 19.6. The molecule has 232 valence electrons. The third-order valence-corrected chi connectivity index (χ3v) is 7.20. The number of fused-ring (bicyclic) bond motifs is 1. The monoisotopic (exact) mass is 626 g/mol. The van der Waals surface area contributed by atoms with Crippen LogP contribution in [0.2, 0.25) is 0 Å². The van der Waals surface area contributed by atoms with Gasteiger partial charge in [-0.2, -0.15) is 31.4 Å². The minimum atomic E-state index is -5.08. The number of aliphatic carboxylic acids is 2. The van der Waals surface area contributed by atoms with E-state index >= 15 is 0 Å². The van der Waals surface area contributed by atoms with Gasteiger partial charge in [-0.25, -0.2) is 24.1 Å². The molecule has 2 N–H and O–H groups in total. The van der Waals surface area contributed by atoms with Crippen molar-refractivity contribution in [3.8, 4) is 0 Å². The molecule has 2 aliphatic rings. The topological polar surface area (TPSA) is 133 Å². The molecular formula is C24H28F6N6O5S. The fraction of sp³-hybridized carbons (Fsp3) is 0.542. The zero-order valence-corrected chi connectivity index (χ0v) is 23.0. The number of hydrogen-bond donors (Lipinski definition) is 2. The van der Waals surface area contributed by atoms with E-state index in [1.807, 2.05) is 10.0 Å². The van der Waals surface area contributed by atoms with Crippen LogP contribution in [-0.2, 0) is 20.9 Å². The molecule has 0 radical (unpaired) electrons. The van der Waals surface area contributed by atoms with Gasteiger partial charge in [0.2, 0.25) is 0 Å². The molecule has 0 aromatic carbocycles. The molecule has 11 nitrogen and oxygen atoms in total. The van der Waals surface area contributed by atoms with Crippen LogP contribution in [0, 0.1) is 6.92 Å². The molecule has 0 spiro atoms. The van der Waals surface area contributed by atoms with E-state index < -0.39 is 24.3 Å². The first kappa shape index (κ1) is 33.0. The van der Waals surface area contributed by atoms with Crippen LogP contribution >= 0.6 is 11.3 Å². The third-order valence-electron chi connectivity index (χ3n) is 6.28. The van der Waals surface area contributed by atoms with Crippen molar-refractivity contribution in [1.82, 2.24) is 24.5 Å². The van der Waals surface area contributed by atoms with Crippen molar-refractivity contribution in [3.63, 3.8) is 0 Å². The highest BCUT2D eigenvalue weighted by molar-refractivity contribution is 7.09. The summed E-state index contributed by atoms with van der Waals surface area (Å²) in [6, 6.07) is 4.24. The number of likely N-dealkylation sites (tertiary alicyclic amines) is 1. The van der Waals surface area contributed by atoms with Crippen molar-refractivity contribution in [2.45, 2.75) is 44.6 Å². The van der Waals surface area contributed by atoms with Crippen LogP contribution in [0.1, 0.15) is 35.2 Å². The lowest BCUT2D eigenvalue weighted by atomic mass is 9.97. The highest BCUT2D eigenvalue weighted by Crippen LogP contribution is 2.28. The highest BCUT2D eigenvalue weighted by atomic mass is 32.1. The lowest BCUT2D eigenvalue weighted by Crippen LogP contribution is -2.36. The average molecular weight is 627 g/mol. The summed E-state index contributed by atoms with van der Waals surface area (Å²) in [5.41, 5.74) is 5.23. The van der Waals surface area contributed by atoms with E-state index in [1.54, 1.807) is 11.3 Å². The molecule has 1 atom stereocenters. The Labute approximate surface area is 239 Å². The predicted molar refractivity (Wildman–Crippen MR) is 138 cm³/mol. The van der Waals surface area contributed by atoms with Gasteiger partial charge in [0.1, 0.15) is 0 Å². The Kier molecular flexibility index (Phi) is 11.1. The van der Waals surface area contributed by atoms with Gasteiger partial charge in [0.05, 0.1) is 36.3 Å². The molecule has 5 heterocycles. The predicted octanol–water partition coefficient (Wildman–Crippen LogP) is 3.98. The van der Waals surface area contributed by atoms with E-state index in [4.69, 9.17) is 34.6 Å². The number of halogens is 6. The van der Waals surface area contributed by atoms with Crippen LogP contribution in [0.4, 0.5) is 32.0 Å². The molecule has 0 bridgehead atoms. The Morgan fingerprint density at radius 1 is 1.05 bits per heavy atom. The Bertz CT molecular complexity index is 1320. The van der Waals surface area contributed by atoms with Crippen molar-refractivity contribution < 1.29 is 50.9 Å². The van der Waals surface area contributed by atoms with E-state index in [0.29, 0.717) is 5.92 Å². The number of ether oxygens (including phenoxy) is 1. The SMILES string of the molecule is Cc1ncsc1CN1CCCC(c2nc3ccc(N4CCOCC4)cn3n2)C1.O=C(O)C(F)(F)F.O=C(O)C(F)(F)F. The number of aryl methyl sites for hydroxylation is 1.